The molecule has 2 aliphatic heterocycles. The predicted octanol–water partition coefficient (Wildman–Crippen LogP) is 1.48. The molecule has 0 amide bonds. The van der Waals surface area contributed by atoms with E-state index in [4.69, 9.17) is 4.74 Å². The Balaban J connectivity index is 1.95. The van der Waals surface area contributed by atoms with Gasteiger partial charge in [0, 0.05) is 18.5 Å². The van der Waals surface area contributed by atoms with Gasteiger partial charge in [0.25, 0.3) is 0 Å². The van der Waals surface area contributed by atoms with Crippen LogP contribution < -0.4 is 5.32 Å². The molecule has 15 heavy (non-hydrogen) atoms. The van der Waals surface area contributed by atoms with Gasteiger partial charge in [-0.05, 0) is 18.4 Å². The summed E-state index contributed by atoms with van der Waals surface area (Å²) in [5.41, 5.74) is 3.14. The molecule has 0 atom stereocenters. The van der Waals surface area contributed by atoms with E-state index in [1.54, 1.807) is 0 Å². The van der Waals surface area contributed by atoms with E-state index in [-0.39, 0.29) is 0 Å². The Morgan fingerprint density at radius 1 is 1.33 bits per heavy atom. The van der Waals surface area contributed by atoms with Crippen LogP contribution in [-0.4, -0.2) is 26.3 Å². The molecule has 0 spiro atoms. The van der Waals surface area contributed by atoms with Gasteiger partial charge in [0.15, 0.2) is 0 Å². The van der Waals surface area contributed by atoms with Crippen molar-refractivity contribution in [3.8, 4) is 0 Å². The summed E-state index contributed by atoms with van der Waals surface area (Å²) >= 11 is 0. The molecular weight excluding hydrogens is 186 g/mol. The normalized spacial score (nSPS) is 24.3. The summed E-state index contributed by atoms with van der Waals surface area (Å²) < 4.78 is 5.46. The van der Waals surface area contributed by atoms with Gasteiger partial charge in [-0.1, -0.05) is 29.8 Å². The number of hydrogen-bond acceptors (Lipinski definition) is 2. The van der Waals surface area contributed by atoms with Gasteiger partial charge < -0.3 is 10.1 Å². The molecule has 0 saturated carbocycles. The highest BCUT2D eigenvalue weighted by Gasteiger charge is 2.49. The molecule has 2 fully saturated rings. The van der Waals surface area contributed by atoms with Crippen molar-refractivity contribution in [2.24, 2.45) is 5.92 Å². The third-order valence-electron chi connectivity index (χ3n) is 3.88. The largest absolute Gasteiger partial charge is 0.379 e. The van der Waals surface area contributed by atoms with Crippen molar-refractivity contribution >= 4 is 0 Å². The molecule has 2 heteroatoms. The van der Waals surface area contributed by atoms with Crippen molar-refractivity contribution in [2.75, 3.05) is 26.3 Å². The fourth-order valence-electron chi connectivity index (χ4n) is 2.59. The van der Waals surface area contributed by atoms with Crippen LogP contribution in [0, 0.1) is 12.8 Å². The minimum atomic E-state index is 0.317. The molecule has 1 aromatic carbocycles. The SMILES string of the molecule is Cc1cccc(C2(C3CNC3)COC2)c1. The molecule has 2 saturated heterocycles. The highest BCUT2D eigenvalue weighted by molar-refractivity contribution is 5.33. The topological polar surface area (TPSA) is 21.3 Å². The Kier molecular flexibility index (Phi) is 2.08. The zero-order chi connectivity index (χ0) is 10.3. The first kappa shape index (κ1) is 9.37. The van der Waals surface area contributed by atoms with Gasteiger partial charge in [0.2, 0.25) is 0 Å². The maximum absolute atomic E-state index is 5.46. The Morgan fingerprint density at radius 3 is 2.60 bits per heavy atom. The molecule has 3 rings (SSSR count). The molecule has 80 valence electrons. The zero-order valence-electron chi connectivity index (χ0n) is 9.12. The maximum Gasteiger partial charge on any atom is 0.0589 e. The summed E-state index contributed by atoms with van der Waals surface area (Å²) in [6.45, 7) is 6.27. The summed E-state index contributed by atoms with van der Waals surface area (Å²) in [6.07, 6.45) is 0. The number of ether oxygens (including phenoxy) is 1. The van der Waals surface area contributed by atoms with Crippen molar-refractivity contribution in [3.05, 3.63) is 35.4 Å². The standard InChI is InChI=1S/C13H17NO/c1-10-3-2-4-11(5-10)13(8-15-9-13)12-6-14-7-12/h2-5,12,14H,6-9H2,1H3. The molecule has 2 heterocycles. The number of nitrogens with one attached hydrogen (secondary N) is 1. The maximum atomic E-state index is 5.46. The summed E-state index contributed by atoms with van der Waals surface area (Å²) in [6, 6.07) is 8.90. The van der Waals surface area contributed by atoms with E-state index in [9.17, 15) is 0 Å². The van der Waals surface area contributed by atoms with Crippen LogP contribution >= 0.6 is 0 Å². The minimum absolute atomic E-state index is 0.317. The quantitative estimate of drug-likeness (QED) is 0.786. The molecule has 1 N–H and O–H groups in total. The van der Waals surface area contributed by atoms with Crippen molar-refractivity contribution < 1.29 is 4.74 Å². The van der Waals surface area contributed by atoms with Crippen LogP contribution in [0.25, 0.3) is 0 Å². The molecule has 1 aromatic rings. The minimum Gasteiger partial charge on any atom is -0.379 e. The van der Waals surface area contributed by atoms with Crippen LogP contribution in [0.4, 0.5) is 0 Å². The van der Waals surface area contributed by atoms with Crippen LogP contribution in [0.3, 0.4) is 0 Å². The molecule has 0 bridgehead atoms. The van der Waals surface area contributed by atoms with Gasteiger partial charge in [-0.2, -0.15) is 0 Å². The van der Waals surface area contributed by atoms with Gasteiger partial charge in [0.05, 0.1) is 13.2 Å². The third-order valence-corrected chi connectivity index (χ3v) is 3.88. The molecular formula is C13H17NO. The summed E-state index contributed by atoms with van der Waals surface area (Å²) in [5, 5.41) is 3.36. The first-order valence-electron chi connectivity index (χ1n) is 5.67. The lowest BCUT2D eigenvalue weighted by atomic mass is 9.66. The molecule has 0 unspecified atom stereocenters. The second-order valence-electron chi connectivity index (χ2n) is 4.87. The first-order chi connectivity index (χ1) is 7.31. The second-order valence-corrected chi connectivity index (χ2v) is 4.87. The molecule has 0 aromatic heterocycles. The van der Waals surface area contributed by atoms with E-state index in [2.05, 4.69) is 36.5 Å². The Morgan fingerprint density at radius 2 is 2.13 bits per heavy atom. The van der Waals surface area contributed by atoms with E-state index in [0.29, 0.717) is 5.41 Å². The molecule has 0 aliphatic carbocycles. The number of aryl methyl sites for hydroxylation is 1. The number of hydrogen-bond donors (Lipinski definition) is 1. The molecule has 2 aliphatic rings. The lowest BCUT2D eigenvalue weighted by Crippen LogP contribution is -2.62. The summed E-state index contributed by atoms with van der Waals surface area (Å²) in [4.78, 5) is 0. The smallest absolute Gasteiger partial charge is 0.0589 e. The predicted molar refractivity (Wildman–Crippen MR) is 60.0 cm³/mol. The van der Waals surface area contributed by atoms with Crippen LogP contribution in [0.1, 0.15) is 11.1 Å². The van der Waals surface area contributed by atoms with Gasteiger partial charge in [-0.15, -0.1) is 0 Å². The lowest BCUT2D eigenvalue weighted by molar-refractivity contribution is -0.101. The first-order valence-corrected chi connectivity index (χ1v) is 5.67. The van der Waals surface area contributed by atoms with Crippen LogP contribution in [-0.2, 0) is 10.2 Å². The van der Waals surface area contributed by atoms with E-state index >= 15 is 0 Å². The van der Waals surface area contributed by atoms with Crippen LogP contribution in [0.15, 0.2) is 24.3 Å². The highest BCUT2D eigenvalue weighted by atomic mass is 16.5. The van der Waals surface area contributed by atoms with E-state index < -0.39 is 0 Å². The Labute approximate surface area is 90.6 Å². The lowest BCUT2D eigenvalue weighted by Gasteiger charge is -2.51. The Bertz CT molecular complexity index is 367. The fourth-order valence-corrected chi connectivity index (χ4v) is 2.59. The Hall–Kier alpha value is -0.860. The van der Waals surface area contributed by atoms with E-state index in [1.165, 1.54) is 11.1 Å². The van der Waals surface area contributed by atoms with E-state index in [1.807, 2.05) is 0 Å². The zero-order valence-corrected chi connectivity index (χ0v) is 9.12. The molecule has 2 nitrogen and oxygen atoms in total. The number of benzene rings is 1. The van der Waals surface area contributed by atoms with Crippen LogP contribution in [0.5, 0.6) is 0 Å². The average Bonchev–Trinajstić information content (AvgIpc) is 2.07. The van der Waals surface area contributed by atoms with E-state index in [0.717, 1.165) is 32.2 Å². The number of rotatable bonds is 2. The monoisotopic (exact) mass is 203 g/mol. The van der Waals surface area contributed by atoms with Crippen molar-refractivity contribution in [3.63, 3.8) is 0 Å². The van der Waals surface area contributed by atoms with Gasteiger partial charge >= 0.3 is 0 Å². The third kappa shape index (κ3) is 1.32. The molecule has 0 radical (unpaired) electrons. The van der Waals surface area contributed by atoms with Gasteiger partial charge in [-0.3, -0.25) is 0 Å². The van der Waals surface area contributed by atoms with Crippen molar-refractivity contribution in [1.29, 1.82) is 0 Å². The van der Waals surface area contributed by atoms with Crippen molar-refractivity contribution in [1.82, 2.24) is 5.32 Å². The average molecular weight is 203 g/mol. The van der Waals surface area contributed by atoms with Crippen LogP contribution in [0.2, 0.25) is 0 Å². The second kappa shape index (κ2) is 3.32. The summed E-state index contributed by atoms with van der Waals surface area (Å²) in [7, 11) is 0. The van der Waals surface area contributed by atoms with Crippen molar-refractivity contribution in [2.45, 2.75) is 12.3 Å². The summed E-state index contributed by atoms with van der Waals surface area (Å²) in [5.74, 6) is 0.771. The van der Waals surface area contributed by atoms with Gasteiger partial charge in [0.1, 0.15) is 0 Å². The fraction of sp³-hybridized carbons (Fsp3) is 0.538. The highest BCUT2D eigenvalue weighted by Crippen LogP contribution is 2.41. The van der Waals surface area contributed by atoms with Gasteiger partial charge in [-0.25, -0.2) is 0 Å².